The third-order valence-electron chi connectivity index (χ3n) is 4.86. The molecule has 1 amide bonds. The minimum Gasteiger partial charge on any atom is -0.274 e. The number of para-hydroxylation sites is 1. The van der Waals surface area contributed by atoms with Gasteiger partial charge in [-0.3, -0.25) is 9.69 Å². The zero-order valence-corrected chi connectivity index (χ0v) is 18.3. The Kier molecular flexibility index (Phi) is 5.82. The highest BCUT2D eigenvalue weighted by Crippen LogP contribution is 2.33. The number of anilines is 2. The van der Waals surface area contributed by atoms with E-state index < -0.39 is 15.9 Å². The number of sulfonamides is 1. The number of aryl methyl sites for hydroxylation is 1. The van der Waals surface area contributed by atoms with E-state index in [1.165, 1.54) is 27.0 Å². The molecule has 1 saturated heterocycles. The normalized spacial score (nSPS) is 17.9. The van der Waals surface area contributed by atoms with Gasteiger partial charge in [-0.25, -0.2) is 13.4 Å². The first-order valence-corrected chi connectivity index (χ1v) is 12.5. The molecular weight excluding hydrogens is 426 g/mol. The number of rotatable bonds is 5. The Labute approximate surface area is 178 Å². The molecule has 4 rings (SSSR count). The molecule has 6 nitrogen and oxygen atoms in total. The molecule has 2 aromatic heterocycles. The van der Waals surface area contributed by atoms with E-state index in [0.717, 1.165) is 11.4 Å². The van der Waals surface area contributed by atoms with E-state index in [1.807, 2.05) is 42.6 Å². The van der Waals surface area contributed by atoms with Crippen LogP contribution in [-0.2, 0) is 14.8 Å². The summed E-state index contributed by atoms with van der Waals surface area (Å²) in [7, 11) is -3.57. The van der Waals surface area contributed by atoms with Gasteiger partial charge < -0.3 is 0 Å². The van der Waals surface area contributed by atoms with E-state index in [0.29, 0.717) is 28.7 Å². The van der Waals surface area contributed by atoms with Crippen molar-refractivity contribution in [1.29, 1.82) is 0 Å². The maximum Gasteiger partial charge on any atom is 0.252 e. The number of nitrogens with zero attached hydrogens (tertiary/aromatic N) is 3. The van der Waals surface area contributed by atoms with Crippen LogP contribution in [0.2, 0.25) is 0 Å². The number of thiazole rings is 1. The average Bonchev–Trinajstić information content (AvgIpc) is 3.42. The van der Waals surface area contributed by atoms with Crippen LogP contribution < -0.4 is 4.90 Å². The monoisotopic (exact) mass is 447 g/mol. The summed E-state index contributed by atoms with van der Waals surface area (Å²) in [6, 6.07) is 12.7. The van der Waals surface area contributed by atoms with Crippen LogP contribution >= 0.6 is 22.7 Å². The number of aromatic nitrogens is 1. The molecule has 1 aliphatic rings. The van der Waals surface area contributed by atoms with Crippen LogP contribution in [0.15, 0.2) is 57.4 Å². The average molecular weight is 448 g/mol. The van der Waals surface area contributed by atoms with Gasteiger partial charge in [0.1, 0.15) is 4.21 Å². The summed E-state index contributed by atoms with van der Waals surface area (Å²) in [4.78, 5) is 19.7. The van der Waals surface area contributed by atoms with E-state index in [2.05, 4.69) is 4.98 Å². The number of piperidine rings is 1. The maximum atomic E-state index is 13.5. The molecule has 29 heavy (non-hydrogen) atoms. The highest BCUT2D eigenvalue weighted by Gasteiger charge is 2.36. The number of benzene rings is 1. The number of carbonyl (C=O) groups excluding carboxylic acids is 1. The molecule has 1 atom stereocenters. The molecule has 1 aliphatic heterocycles. The molecule has 0 aliphatic carbocycles. The van der Waals surface area contributed by atoms with Crippen molar-refractivity contribution in [2.45, 2.75) is 24.0 Å². The summed E-state index contributed by atoms with van der Waals surface area (Å²) in [5, 5.41) is 4.27. The molecule has 9 heteroatoms. The van der Waals surface area contributed by atoms with E-state index in [9.17, 15) is 13.2 Å². The summed E-state index contributed by atoms with van der Waals surface area (Å²) >= 11 is 2.62. The van der Waals surface area contributed by atoms with Crippen molar-refractivity contribution in [3.63, 3.8) is 0 Å². The first-order valence-electron chi connectivity index (χ1n) is 9.31. The number of amides is 1. The Balaban J connectivity index is 1.62. The molecule has 0 saturated carbocycles. The Morgan fingerprint density at radius 3 is 2.62 bits per heavy atom. The van der Waals surface area contributed by atoms with Crippen LogP contribution in [0, 0.1) is 12.8 Å². The number of thiophene rings is 1. The standard InChI is InChI=1S/C20H21N3O3S3/c1-15-14-28-20(21-15)23(17-8-3-2-4-9-17)19(24)16-7-5-11-22(13-16)29(25,26)18-10-6-12-27-18/h2-4,6,8-10,12,14,16H,5,7,11,13H2,1H3/t16-/m0/s1. The lowest BCUT2D eigenvalue weighted by atomic mass is 9.98. The Morgan fingerprint density at radius 1 is 1.17 bits per heavy atom. The molecule has 3 heterocycles. The zero-order valence-electron chi connectivity index (χ0n) is 15.9. The van der Waals surface area contributed by atoms with Gasteiger partial charge in [-0.15, -0.1) is 22.7 Å². The topological polar surface area (TPSA) is 70.6 Å². The van der Waals surface area contributed by atoms with Gasteiger partial charge in [0.05, 0.1) is 17.3 Å². The predicted octanol–water partition coefficient (Wildman–Crippen LogP) is 4.28. The van der Waals surface area contributed by atoms with Gasteiger partial charge in [0.2, 0.25) is 5.91 Å². The Morgan fingerprint density at radius 2 is 1.97 bits per heavy atom. The lowest BCUT2D eigenvalue weighted by Crippen LogP contribution is -2.45. The number of carbonyl (C=O) groups is 1. The van der Waals surface area contributed by atoms with Crippen molar-refractivity contribution in [2.75, 3.05) is 18.0 Å². The molecule has 1 aromatic carbocycles. The van der Waals surface area contributed by atoms with Crippen LogP contribution in [0.3, 0.4) is 0 Å². The molecule has 0 N–H and O–H groups in total. The molecule has 152 valence electrons. The van der Waals surface area contributed by atoms with Crippen LogP contribution in [0.4, 0.5) is 10.8 Å². The third kappa shape index (κ3) is 4.13. The first kappa shape index (κ1) is 20.2. The summed E-state index contributed by atoms with van der Waals surface area (Å²) in [6.45, 7) is 2.52. The van der Waals surface area contributed by atoms with Gasteiger partial charge in [-0.1, -0.05) is 24.3 Å². The number of hydrogen-bond donors (Lipinski definition) is 0. The van der Waals surface area contributed by atoms with Crippen LogP contribution in [0.1, 0.15) is 18.5 Å². The van der Waals surface area contributed by atoms with Gasteiger partial charge >= 0.3 is 0 Å². The van der Waals surface area contributed by atoms with Crippen molar-refractivity contribution < 1.29 is 13.2 Å². The van der Waals surface area contributed by atoms with Crippen LogP contribution in [0.5, 0.6) is 0 Å². The second-order valence-corrected chi connectivity index (χ2v) is 10.9. The molecule has 0 spiro atoms. The van der Waals surface area contributed by atoms with E-state index in [1.54, 1.807) is 22.4 Å². The maximum absolute atomic E-state index is 13.5. The molecular formula is C20H21N3O3S3. The van der Waals surface area contributed by atoms with Crippen LogP contribution in [0.25, 0.3) is 0 Å². The largest absolute Gasteiger partial charge is 0.274 e. The lowest BCUT2D eigenvalue weighted by Gasteiger charge is -2.33. The Bertz CT molecular complexity index is 1080. The minimum absolute atomic E-state index is 0.114. The fourth-order valence-electron chi connectivity index (χ4n) is 3.44. The van der Waals surface area contributed by atoms with Crippen molar-refractivity contribution in [1.82, 2.24) is 9.29 Å². The smallest absolute Gasteiger partial charge is 0.252 e. The zero-order chi connectivity index (χ0) is 20.4. The van der Waals surface area contributed by atoms with Crippen molar-refractivity contribution in [2.24, 2.45) is 5.92 Å². The molecule has 1 fully saturated rings. The quantitative estimate of drug-likeness (QED) is 0.585. The lowest BCUT2D eigenvalue weighted by molar-refractivity contribution is -0.122. The summed E-state index contributed by atoms with van der Waals surface area (Å²) in [6.07, 6.45) is 1.31. The fraction of sp³-hybridized carbons (Fsp3) is 0.300. The Hall–Kier alpha value is -2.07. The number of hydrogen-bond acceptors (Lipinski definition) is 6. The summed E-state index contributed by atoms with van der Waals surface area (Å²) < 4.78 is 27.6. The van der Waals surface area contributed by atoms with Crippen LogP contribution in [-0.4, -0.2) is 36.7 Å². The van der Waals surface area contributed by atoms with Crippen molar-refractivity contribution in [3.05, 3.63) is 58.9 Å². The van der Waals surface area contributed by atoms with Gasteiger partial charge in [-0.05, 0) is 43.3 Å². The third-order valence-corrected chi connectivity index (χ3v) is 9.04. The summed E-state index contributed by atoms with van der Waals surface area (Å²) in [5.41, 5.74) is 1.59. The first-order chi connectivity index (χ1) is 14.0. The highest BCUT2D eigenvalue weighted by atomic mass is 32.2. The van der Waals surface area contributed by atoms with Gasteiger partial charge in [0.25, 0.3) is 10.0 Å². The second kappa shape index (κ2) is 8.35. The summed E-state index contributed by atoms with van der Waals surface area (Å²) in [5.74, 6) is -0.528. The second-order valence-electron chi connectivity index (χ2n) is 6.91. The van der Waals surface area contributed by atoms with E-state index in [-0.39, 0.29) is 12.5 Å². The molecule has 0 radical (unpaired) electrons. The van der Waals surface area contributed by atoms with Crippen molar-refractivity contribution >= 4 is 49.4 Å². The molecule has 0 unspecified atom stereocenters. The van der Waals surface area contributed by atoms with Crippen molar-refractivity contribution in [3.8, 4) is 0 Å². The molecule has 0 bridgehead atoms. The van der Waals surface area contributed by atoms with E-state index in [4.69, 9.17) is 0 Å². The minimum atomic E-state index is -3.57. The van der Waals surface area contributed by atoms with E-state index >= 15 is 0 Å². The highest BCUT2D eigenvalue weighted by molar-refractivity contribution is 7.91. The van der Waals surface area contributed by atoms with Gasteiger partial charge in [0, 0.05) is 18.5 Å². The predicted molar refractivity (Wildman–Crippen MR) is 116 cm³/mol. The van der Waals surface area contributed by atoms with Gasteiger partial charge in [-0.2, -0.15) is 4.31 Å². The molecule has 3 aromatic rings. The van der Waals surface area contributed by atoms with Gasteiger partial charge in [0.15, 0.2) is 5.13 Å². The SMILES string of the molecule is Cc1csc(N(C(=O)[C@H]2CCCN(S(=O)(=O)c3cccs3)C2)c2ccccc2)n1. The fourth-order valence-corrected chi connectivity index (χ4v) is 6.93.